The van der Waals surface area contributed by atoms with Crippen LogP contribution in [0.3, 0.4) is 0 Å². The van der Waals surface area contributed by atoms with Gasteiger partial charge < -0.3 is 5.73 Å². The van der Waals surface area contributed by atoms with Gasteiger partial charge in [-0.25, -0.2) is 9.97 Å². The highest BCUT2D eigenvalue weighted by Crippen LogP contribution is 2.21. The molecule has 0 aliphatic heterocycles. The van der Waals surface area contributed by atoms with Crippen LogP contribution < -0.4 is 5.73 Å². The van der Waals surface area contributed by atoms with Crippen LogP contribution >= 0.6 is 0 Å². The van der Waals surface area contributed by atoms with Crippen LogP contribution in [0.5, 0.6) is 0 Å². The third-order valence-corrected chi connectivity index (χ3v) is 2.81. The summed E-state index contributed by atoms with van der Waals surface area (Å²) >= 11 is 0. The predicted octanol–water partition coefficient (Wildman–Crippen LogP) is 2.73. The molecule has 3 heteroatoms. The van der Waals surface area contributed by atoms with Crippen LogP contribution in [0.15, 0.2) is 36.7 Å². The van der Waals surface area contributed by atoms with Crippen LogP contribution in [-0.4, -0.2) is 9.97 Å². The summed E-state index contributed by atoms with van der Waals surface area (Å²) in [6.45, 7) is 4.82. The average Bonchev–Trinajstić information content (AvgIpc) is 2.39. The topological polar surface area (TPSA) is 51.8 Å². The molecule has 0 unspecified atom stereocenters. The Morgan fingerprint density at radius 1 is 1.12 bits per heavy atom. The highest BCUT2D eigenvalue weighted by molar-refractivity contribution is 5.59. The maximum atomic E-state index is 5.57. The van der Waals surface area contributed by atoms with Crippen molar-refractivity contribution in [3.8, 4) is 11.3 Å². The van der Waals surface area contributed by atoms with E-state index in [1.807, 2.05) is 6.07 Å². The molecule has 3 nitrogen and oxygen atoms in total. The number of hydrogen-bond donors (Lipinski definition) is 1. The van der Waals surface area contributed by atoms with Gasteiger partial charge in [-0.15, -0.1) is 0 Å². The zero-order chi connectivity index (χ0) is 12.3. The third-order valence-electron chi connectivity index (χ3n) is 2.81. The predicted molar refractivity (Wildman–Crippen MR) is 69.4 cm³/mol. The summed E-state index contributed by atoms with van der Waals surface area (Å²) in [7, 11) is 0. The molecule has 0 atom stereocenters. The van der Waals surface area contributed by atoms with E-state index in [1.54, 1.807) is 6.33 Å². The minimum Gasteiger partial charge on any atom is -0.325 e. The molecule has 0 spiro atoms. The maximum absolute atomic E-state index is 5.57. The highest BCUT2D eigenvalue weighted by atomic mass is 14.8. The zero-order valence-corrected chi connectivity index (χ0v) is 10.2. The van der Waals surface area contributed by atoms with E-state index < -0.39 is 0 Å². The van der Waals surface area contributed by atoms with Crippen molar-refractivity contribution in [1.29, 1.82) is 0 Å². The summed E-state index contributed by atoms with van der Waals surface area (Å²) < 4.78 is 0. The van der Waals surface area contributed by atoms with Gasteiger partial charge in [0.05, 0.1) is 11.4 Å². The molecule has 1 aromatic carbocycles. The molecule has 2 N–H and O–H groups in total. The minimum absolute atomic E-state index is 0.444. The number of nitrogens with two attached hydrogens (primary N) is 1. The molecule has 0 bridgehead atoms. The zero-order valence-electron chi connectivity index (χ0n) is 10.2. The summed E-state index contributed by atoms with van der Waals surface area (Å²) in [5.74, 6) is 0.550. The molecule has 0 radical (unpaired) electrons. The molecule has 0 amide bonds. The van der Waals surface area contributed by atoms with Crippen molar-refractivity contribution in [3.63, 3.8) is 0 Å². The van der Waals surface area contributed by atoms with Gasteiger partial charge in [0.2, 0.25) is 0 Å². The Morgan fingerprint density at radius 3 is 2.41 bits per heavy atom. The number of rotatable bonds is 3. The molecular weight excluding hydrogens is 210 g/mol. The number of benzene rings is 1. The second-order valence-electron chi connectivity index (χ2n) is 4.38. The number of hydrogen-bond acceptors (Lipinski definition) is 3. The van der Waals surface area contributed by atoms with Crippen LogP contribution in [0, 0.1) is 0 Å². The summed E-state index contributed by atoms with van der Waals surface area (Å²) in [6, 6.07) is 10.4. The van der Waals surface area contributed by atoms with Crippen molar-refractivity contribution in [2.75, 3.05) is 0 Å². The molecule has 2 rings (SSSR count). The van der Waals surface area contributed by atoms with Crippen molar-refractivity contribution in [2.24, 2.45) is 5.73 Å². The second kappa shape index (κ2) is 5.06. The molecular formula is C14H17N3. The Balaban J connectivity index is 2.32. The van der Waals surface area contributed by atoms with Crippen molar-refractivity contribution < 1.29 is 0 Å². The SMILES string of the molecule is CC(C)c1ccc(-c2cc(CN)ncn2)cc1. The summed E-state index contributed by atoms with van der Waals surface area (Å²) in [5, 5.41) is 0. The molecule has 0 fully saturated rings. The molecule has 0 saturated carbocycles. The molecule has 0 aliphatic carbocycles. The lowest BCUT2D eigenvalue weighted by Gasteiger charge is -2.07. The van der Waals surface area contributed by atoms with E-state index in [0.29, 0.717) is 12.5 Å². The maximum Gasteiger partial charge on any atom is 0.116 e. The lowest BCUT2D eigenvalue weighted by molar-refractivity contribution is 0.867. The normalized spacial score (nSPS) is 10.8. The number of nitrogens with zero attached hydrogens (tertiary/aromatic N) is 2. The monoisotopic (exact) mass is 227 g/mol. The van der Waals surface area contributed by atoms with Crippen LogP contribution in [0.2, 0.25) is 0 Å². The number of aromatic nitrogens is 2. The Labute approximate surface area is 102 Å². The van der Waals surface area contributed by atoms with Gasteiger partial charge in [0.15, 0.2) is 0 Å². The van der Waals surface area contributed by atoms with E-state index >= 15 is 0 Å². The van der Waals surface area contributed by atoms with Crippen molar-refractivity contribution >= 4 is 0 Å². The van der Waals surface area contributed by atoms with Crippen LogP contribution in [-0.2, 0) is 6.54 Å². The molecule has 2 aromatic rings. The first-order chi connectivity index (χ1) is 8.20. The highest BCUT2D eigenvalue weighted by Gasteiger charge is 2.03. The van der Waals surface area contributed by atoms with E-state index in [-0.39, 0.29) is 0 Å². The van der Waals surface area contributed by atoms with Gasteiger partial charge in [-0.05, 0) is 17.5 Å². The average molecular weight is 227 g/mol. The van der Waals surface area contributed by atoms with Crippen LogP contribution in [0.4, 0.5) is 0 Å². The van der Waals surface area contributed by atoms with Crippen molar-refractivity contribution in [2.45, 2.75) is 26.3 Å². The minimum atomic E-state index is 0.444. The third kappa shape index (κ3) is 2.68. The van der Waals surface area contributed by atoms with Crippen LogP contribution in [0.1, 0.15) is 31.0 Å². The summed E-state index contributed by atoms with van der Waals surface area (Å²) in [6.07, 6.45) is 1.56. The Hall–Kier alpha value is -1.74. The van der Waals surface area contributed by atoms with E-state index in [2.05, 4.69) is 48.1 Å². The molecule has 88 valence electrons. The fraction of sp³-hybridized carbons (Fsp3) is 0.286. The lowest BCUT2D eigenvalue weighted by atomic mass is 10.0. The van der Waals surface area contributed by atoms with Gasteiger partial charge in [0.1, 0.15) is 6.33 Å². The lowest BCUT2D eigenvalue weighted by Crippen LogP contribution is -2.00. The standard InChI is InChI=1S/C14H17N3/c1-10(2)11-3-5-12(6-4-11)14-7-13(8-15)16-9-17-14/h3-7,9-10H,8,15H2,1-2H3. The first kappa shape index (κ1) is 11.7. The summed E-state index contributed by atoms with van der Waals surface area (Å²) in [4.78, 5) is 8.36. The molecule has 1 aromatic heterocycles. The molecule has 0 saturated heterocycles. The van der Waals surface area contributed by atoms with Gasteiger partial charge in [0, 0.05) is 12.1 Å². The van der Waals surface area contributed by atoms with Gasteiger partial charge in [-0.3, -0.25) is 0 Å². The van der Waals surface area contributed by atoms with Gasteiger partial charge >= 0.3 is 0 Å². The Bertz CT molecular complexity index is 489. The first-order valence-electron chi connectivity index (χ1n) is 5.82. The van der Waals surface area contributed by atoms with E-state index in [1.165, 1.54) is 5.56 Å². The largest absolute Gasteiger partial charge is 0.325 e. The Morgan fingerprint density at radius 2 is 1.82 bits per heavy atom. The van der Waals surface area contributed by atoms with Gasteiger partial charge in [0.25, 0.3) is 0 Å². The van der Waals surface area contributed by atoms with Gasteiger partial charge in [-0.2, -0.15) is 0 Å². The van der Waals surface area contributed by atoms with E-state index in [0.717, 1.165) is 17.0 Å². The quantitative estimate of drug-likeness (QED) is 0.877. The Kier molecular flexibility index (Phi) is 3.49. The molecule has 1 heterocycles. The fourth-order valence-corrected chi connectivity index (χ4v) is 1.71. The van der Waals surface area contributed by atoms with Crippen LogP contribution in [0.25, 0.3) is 11.3 Å². The molecule has 17 heavy (non-hydrogen) atoms. The van der Waals surface area contributed by atoms with E-state index in [4.69, 9.17) is 5.73 Å². The smallest absolute Gasteiger partial charge is 0.116 e. The first-order valence-corrected chi connectivity index (χ1v) is 5.82. The van der Waals surface area contributed by atoms with E-state index in [9.17, 15) is 0 Å². The molecule has 0 aliphatic rings. The summed E-state index contributed by atoms with van der Waals surface area (Å²) in [5.41, 5.74) is 9.80. The second-order valence-corrected chi connectivity index (χ2v) is 4.38. The fourth-order valence-electron chi connectivity index (χ4n) is 1.71. The van der Waals surface area contributed by atoms with Crippen molar-refractivity contribution in [1.82, 2.24) is 9.97 Å². The van der Waals surface area contributed by atoms with Gasteiger partial charge in [-0.1, -0.05) is 38.1 Å². The van der Waals surface area contributed by atoms with Crippen molar-refractivity contribution in [3.05, 3.63) is 47.9 Å².